The lowest BCUT2D eigenvalue weighted by Crippen LogP contribution is -2.45. The first kappa shape index (κ1) is 14.7. The monoisotopic (exact) mass is 226 g/mol. The molecule has 92 valence electrons. The highest BCUT2D eigenvalue weighted by Crippen LogP contribution is 2.18. The molecular weight excluding hydrogens is 205 g/mol. The lowest BCUT2D eigenvalue weighted by atomic mass is 10.1. The molecule has 1 unspecified atom stereocenters. The lowest BCUT2D eigenvalue weighted by molar-refractivity contribution is -0.150. The maximum absolute atomic E-state index is 12.2. The van der Waals surface area contributed by atoms with Gasteiger partial charge in [-0.05, 0) is 20.3 Å². The van der Waals surface area contributed by atoms with Gasteiger partial charge in [-0.25, -0.2) is 0 Å². The van der Waals surface area contributed by atoms with Crippen LogP contribution < -0.4 is 5.73 Å². The van der Waals surface area contributed by atoms with Crippen molar-refractivity contribution < 1.29 is 13.2 Å². The number of hydrogen-bond donors (Lipinski definition) is 1. The van der Waals surface area contributed by atoms with E-state index in [9.17, 15) is 13.2 Å². The summed E-state index contributed by atoms with van der Waals surface area (Å²) in [7, 11) is 0. The highest BCUT2D eigenvalue weighted by molar-refractivity contribution is 4.73. The largest absolute Gasteiger partial charge is 0.401 e. The molecule has 0 aromatic carbocycles. The Labute approximate surface area is 89.6 Å². The first-order valence-electron chi connectivity index (χ1n) is 5.32. The zero-order chi connectivity index (χ0) is 12.1. The second-order valence-corrected chi connectivity index (χ2v) is 4.19. The molecule has 2 N–H and O–H groups in total. The van der Waals surface area contributed by atoms with Crippen LogP contribution in [0.5, 0.6) is 0 Å². The Morgan fingerprint density at radius 1 is 1.27 bits per heavy atom. The van der Waals surface area contributed by atoms with Crippen molar-refractivity contribution in [2.45, 2.75) is 51.9 Å². The van der Waals surface area contributed by atoms with Crippen molar-refractivity contribution in [2.75, 3.05) is 13.1 Å². The average Bonchev–Trinajstić information content (AvgIpc) is 2.00. The summed E-state index contributed by atoms with van der Waals surface area (Å²) in [5.41, 5.74) is 5.73. The minimum absolute atomic E-state index is 0.130. The van der Waals surface area contributed by atoms with Crippen LogP contribution in [0.1, 0.15) is 33.6 Å². The maximum Gasteiger partial charge on any atom is 0.401 e. The molecule has 0 radical (unpaired) electrons. The van der Waals surface area contributed by atoms with Crippen molar-refractivity contribution in [3.8, 4) is 0 Å². The number of nitrogens with zero attached hydrogens (tertiary/aromatic N) is 1. The number of nitrogens with two attached hydrogens (primary N) is 1. The highest BCUT2D eigenvalue weighted by atomic mass is 19.4. The average molecular weight is 226 g/mol. The molecule has 0 saturated heterocycles. The molecule has 0 bridgehead atoms. The first-order valence-corrected chi connectivity index (χ1v) is 5.32. The van der Waals surface area contributed by atoms with E-state index >= 15 is 0 Å². The Hall–Kier alpha value is -0.290. The van der Waals surface area contributed by atoms with Crippen LogP contribution in [0, 0.1) is 0 Å². The zero-order valence-electron chi connectivity index (χ0n) is 9.64. The SMILES string of the molecule is CCCC(N)CN(CC(F)(F)F)C(C)C. The summed E-state index contributed by atoms with van der Waals surface area (Å²) in [4.78, 5) is 1.38. The highest BCUT2D eigenvalue weighted by Gasteiger charge is 2.32. The van der Waals surface area contributed by atoms with Crippen LogP contribution in [0.15, 0.2) is 0 Å². The van der Waals surface area contributed by atoms with Gasteiger partial charge in [0.25, 0.3) is 0 Å². The minimum Gasteiger partial charge on any atom is -0.327 e. The lowest BCUT2D eigenvalue weighted by Gasteiger charge is -2.29. The summed E-state index contributed by atoms with van der Waals surface area (Å²) in [6.45, 7) is 4.92. The number of hydrogen-bond acceptors (Lipinski definition) is 2. The molecule has 15 heavy (non-hydrogen) atoms. The van der Waals surface area contributed by atoms with Gasteiger partial charge in [0.15, 0.2) is 0 Å². The van der Waals surface area contributed by atoms with Gasteiger partial charge >= 0.3 is 6.18 Å². The Morgan fingerprint density at radius 2 is 1.80 bits per heavy atom. The van der Waals surface area contributed by atoms with E-state index in [1.807, 2.05) is 6.92 Å². The van der Waals surface area contributed by atoms with Crippen molar-refractivity contribution in [1.29, 1.82) is 0 Å². The van der Waals surface area contributed by atoms with Crippen LogP contribution >= 0.6 is 0 Å². The molecule has 0 aliphatic rings. The van der Waals surface area contributed by atoms with E-state index in [4.69, 9.17) is 5.73 Å². The molecular formula is C10H21F3N2. The van der Waals surface area contributed by atoms with Gasteiger partial charge in [0.1, 0.15) is 0 Å². The van der Waals surface area contributed by atoms with Crippen LogP contribution in [0.25, 0.3) is 0 Å². The molecule has 0 rings (SSSR count). The van der Waals surface area contributed by atoms with E-state index in [2.05, 4.69) is 0 Å². The van der Waals surface area contributed by atoms with Crippen LogP contribution in [0.2, 0.25) is 0 Å². The smallest absolute Gasteiger partial charge is 0.327 e. The molecule has 1 atom stereocenters. The third-order valence-corrected chi connectivity index (χ3v) is 2.24. The van der Waals surface area contributed by atoms with E-state index < -0.39 is 12.7 Å². The second kappa shape index (κ2) is 6.33. The van der Waals surface area contributed by atoms with Gasteiger partial charge in [-0.2, -0.15) is 13.2 Å². The quantitative estimate of drug-likeness (QED) is 0.753. The molecule has 0 amide bonds. The van der Waals surface area contributed by atoms with Crippen LogP contribution in [0.4, 0.5) is 13.2 Å². The van der Waals surface area contributed by atoms with E-state index in [0.717, 1.165) is 12.8 Å². The summed E-state index contributed by atoms with van der Waals surface area (Å²) in [5, 5.41) is 0. The maximum atomic E-state index is 12.2. The van der Waals surface area contributed by atoms with Gasteiger partial charge in [-0.3, -0.25) is 4.90 Å². The molecule has 2 nitrogen and oxygen atoms in total. The van der Waals surface area contributed by atoms with Crippen LogP contribution in [-0.2, 0) is 0 Å². The van der Waals surface area contributed by atoms with E-state index in [-0.39, 0.29) is 12.1 Å². The Morgan fingerprint density at radius 3 is 2.13 bits per heavy atom. The fraction of sp³-hybridized carbons (Fsp3) is 1.00. The summed E-state index contributed by atoms with van der Waals surface area (Å²) < 4.78 is 36.7. The molecule has 0 aliphatic carbocycles. The second-order valence-electron chi connectivity index (χ2n) is 4.19. The molecule has 0 spiro atoms. The third-order valence-electron chi connectivity index (χ3n) is 2.24. The Kier molecular flexibility index (Phi) is 6.20. The Balaban J connectivity index is 4.16. The van der Waals surface area contributed by atoms with Crippen LogP contribution in [0.3, 0.4) is 0 Å². The number of rotatable bonds is 6. The predicted octanol–water partition coefficient (Wildman–Crippen LogP) is 2.39. The summed E-state index contributed by atoms with van der Waals surface area (Å²) in [6, 6.07) is -0.297. The molecule has 0 aliphatic heterocycles. The predicted molar refractivity (Wildman–Crippen MR) is 55.6 cm³/mol. The number of halogens is 3. The molecule has 0 aromatic heterocycles. The van der Waals surface area contributed by atoms with E-state index in [1.54, 1.807) is 13.8 Å². The van der Waals surface area contributed by atoms with E-state index in [0.29, 0.717) is 6.54 Å². The fourth-order valence-electron chi connectivity index (χ4n) is 1.45. The van der Waals surface area contributed by atoms with Crippen molar-refractivity contribution in [3.63, 3.8) is 0 Å². The first-order chi connectivity index (χ1) is 6.76. The molecule has 0 fully saturated rings. The summed E-state index contributed by atoms with van der Waals surface area (Å²) in [6.07, 6.45) is -2.48. The molecule has 0 saturated carbocycles. The molecule has 0 heterocycles. The third kappa shape index (κ3) is 7.62. The van der Waals surface area contributed by atoms with Gasteiger partial charge in [-0.1, -0.05) is 13.3 Å². The van der Waals surface area contributed by atoms with Crippen molar-refractivity contribution in [1.82, 2.24) is 4.90 Å². The minimum atomic E-state index is -4.14. The molecule has 5 heteroatoms. The van der Waals surface area contributed by atoms with Gasteiger partial charge in [-0.15, -0.1) is 0 Å². The van der Waals surface area contributed by atoms with Crippen molar-refractivity contribution >= 4 is 0 Å². The van der Waals surface area contributed by atoms with Gasteiger partial charge in [0.05, 0.1) is 6.54 Å². The Bertz CT molecular complexity index is 169. The fourth-order valence-corrected chi connectivity index (χ4v) is 1.45. The van der Waals surface area contributed by atoms with Crippen LogP contribution in [-0.4, -0.2) is 36.2 Å². The normalized spacial score (nSPS) is 15.0. The molecule has 0 aromatic rings. The summed E-state index contributed by atoms with van der Waals surface area (Å²) in [5.74, 6) is 0. The van der Waals surface area contributed by atoms with E-state index in [1.165, 1.54) is 4.90 Å². The summed E-state index contributed by atoms with van der Waals surface area (Å²) >= 11 is 0. The van der Waals surface area contributed by atoms with Gasteiger partial charge in [0, 0.05) is 18.6 Å². The van der Waals surface area contributed by atoms with Crippen molar-refractivity contribution in [2.24, 2.45) is 5.73 Å². The van der Waals surface area contributed by atoms with Crippen molar-refractivity contribution in [3.05, 3.63) is 0 Å². The number of alkyl halides is 3. The standard InChI is InChI=1S/C10H21F3N2/c1-4-5-9(14)6-15(8(2)3)7-10(11,12)13/h8-9H,4-7,14H2,1-3H3. The topological polar surface area (TPSA) is 29.3 Å². The van der Waals surface area contributed by atoms with Gasteiger partial charge < -0.3 is 5.73 Å². The zero-order valence-corrected chi connectivity index (χ0v) is 9.64. The van der Waals surface area contributed by atoms with Gasteiger partial charge in [0.2, 0.25) is 0 Å².